The van der Waals surface area contributed by atoms with Crippen LogP contribution in [0.25, 0.3) is 21.7 Å². The van der Waals surface area contributed by atoms with Gasteiger partial charge < -0.3 is 5.84 Å². The molecule has 0 atom stereocenters. The third kappa shape index (κ3) is 2.92. The molecule has 28 heavy (non-hydrogen) atoms. The minimum absolute atomic E-state index is 0.570. The van der Waals surface area contributed by atoms with Crippen molar-refractivity contribution < 1.29 is 0 Å². The van der Waals surface area contributed by atoms with Crippen LogP contribution in [0.3, 0.4) is 0 Å². The summed E-state index contributed by atoms with van der Waals surface area (Å²) in [5.74, 6) is 7.49. The molecule has 0 aliphatic heterocycles. The molecule has 1 aliphatic carbocycles. The number of thiophene rings is 1. The molecule has 0 unspecified atom stereocenters. The molecular weight excluding hydrogens is 392 g/mol. The van der Waals surface area contributed by atoms with E-state index in [0.717, 1.165) is 40.3 Å². The van der Waals surface area contributed by atoms with E-state index in [0.29, 0.717) is 16.7 Å². The third-order valence-corrected chi connectivity index (χ3v) is 6.95. The average Bonchev–Trinajstić information content (AvgIpc) is 3.28. The highest BCUT2D eigenvalue weighted by atomic mass is 32.2. The largest absolute Gasteiger partial charge is 0.336 e. The highest BCUT2D eigenvalue weighted by Crippen LogP contribution is 2.41. The van der Waals surface area contributed by atoms with Crippen LogP contribution < -0.4 is 5.84 Å². The van der Waals surface area contributed by atoms with E-state index in [-0.39, 0.29) is 0 Å². The van der Waals surface area contributed by atoms with Crippen molar-refractivity contribution in [2.45, 2.75) is 49.2 Å². The summed E-state index contributed by atoms with van der Waals surface area (Å²) in [5, 5.41) is 11.0. The van der Waals surface area contributed by atoms with Crippen LogP contribution in [-0.2, 0) is 19.3 Å². The second-order valence-electron chi connectivity index (χ2n) is 6.56. The molecule has 0 saturated heterocycles. The van der Waals surface area contributed by atoms with E-state index in [4.69, 9.17) is 15.8 Å². The van der Waals surface area contributed by atoms with Crippen molar-refractivity contribution in [2.24, 2.45) is 0 Å². The number of nitrogens with two attached hydrogens (primary N) is 1. The van der Waals surface area contributed by atoms with Crippen molar-refractivity contribution in [1.82, 2.24) is 34.8 Å². The van der Waals surface area contributed by atoms with Gasteiger partial charge in [0.25, 0.3) is 0 Å². The fraction of sp³-hybridized carbons (Fsp3) is 0.333. The van der Waals surface area contributed by atoms with E-state index in [1.165, 1.54) is 35.0 Å². The zero-order valence-corrected chi connectivity index (χ0v) is 16.9. The first kappa shape index (κ1) is 17.5. The Kier molecular flexibility index (Phi) is 4.44. The second-order valence-corrected chi connectivity index (χ2v) is 8.60. The van der Waals surface area contributed by atoms with Gasteiger partial charge in [-0.2, -0.15) is 0 Å². The molecule has 8 nitrogen and oxygen atoms in total. The highest BCUT2D eigenvalue weighted by molar-refractivity contribution is 7.99. The summed E-state index contributed by atoms with van der Waals surface area (Å²) in [7, 11) is 0. The standard InChI is InChI=1S/C18H18N8S2/c1-2-13-24-25-18(26(13)19)28-17-14-10-5-3-4-6-12(10)27-16(14)22-15(23-17)11-9-20-7-8-21-11/h7-9H,2-6,19H2,1H3. The zero-order valence-electron chi connectivity index (χ0n) is 15.3. The van der Waals surface area contributed by atoms with Gasteiger partial charge >= 0.3 is 0 Å². The van der Waals surface area contributed by atoms with Crippen molar-refractivity contribution in [3.8, 4) is 11.5 Å². The lowest BCUT2D eigenvalue weighted by Gasteiger charge is -2.12. The molecule has 1 aliphatic rings. The summed E-state index contributed by atoms with van der Waals surface area (Å²) < 4.78 is 1.54. The Bertz CT molecular complexity index is 1150. The molecule has 10 heteroatoms. The molecule has 0 radical (unpaired) electrons. The summed E-state index contributed by atoms with van der Waals surface area (Å²) in [5.41, 5.74) is 2.03. The van der Waals surface area contributed by atoms with Crippen LogP contribution in [0.1, 0.15) is 36.0 Å². The van der Waals surface area contributed by atoms with Gasteiger partial charge in [-0.3, -0.25) is 4.98 Å². The normalized spacial score (nSPS) is 13.8. The van der Waals surface area contributed by atoms with E-state index in [1.54, 1.807) is 34.6 Å². The van der Waals surface area contributed by atoms with Crippen molar-refractivity contribution in [1.29, 1.82) is 0 Å². The minimum Gasteiger partial charge on any atom is -0.336 e. The Morgan fingerprint density at radius 2 is 2.07 bits per heavy atom. The maximum Gasteiger partial charge on any atom is 0.216 e. The maximum atomic E-state index is 6.18. The van der Waals surface area contributed by atoms with Gasteiger partial charge in [-0.05, 0) is 43.0 Å². The zero-order chi connectivity index (χ0) is 19.1. The number of fused-ring (bicyclic) bond motifs is 3. The average molecular weight is 411 g/mol. The van der Waals surface area contributed by atoms with Crippen molar-refractivity contribution in [2.75, 3.05) is 5.84 Å². The number of hydrogen-bond acceptors (Lipinski definition) is 9. The number of aromatic nitrogens is 7. The molecule has 4 aromatic rings. The van der Waals surface area contributed by atoms with Crippen molar-refractivity contribution in [3.63, 3.8) is 0 Å². The molecule has 0 amide bonds. The Morgan fingerprint density at radius 1 is 1.18 bits per heavy atom. The van der Waals surface area contributed by atoms with Crippen LogP contribution in [-0.4, -0.2) is 34.8 Å². The predicted octanol–water partition coefficient (Wildman–Crippen LogP) is 3.05. The molecule has 4 heterocycles. The van der Waals surface area contributed by atoms with Crippen LogP contribution in [0.2, 0.25) is 0 Å². The van der Waals surface area contributed by atoms with Crippen LogP contribution in [0, 0.1) is 0 Å². The molecular formula is C18H18N8S2. The van der Waals surface area contributed by atoms with Crippen LogP contribution in [0.5, 0.6) is 0 Å². The van der Waals surface area contributed by atoms with Gasteiger partial charge in [0.15, 0.2) is 11.6 Å². The lowest BCUT2D eigenvalue weighted by atomic mass is 9.97. The monoisotopic (exact) mass is 410 g/mol. The fourth-order valence-corrected chi connectivity index (χ4v) is 5.67. The molecule has 5 rings (SSSR count). The van der Waals surface area contributed by atoms with Gasteiger partial charge in [-0.15, -0.1) is 21.5 Å². The number of hydrogen-bond donors (Lipinski definition) is 1. The lowest BCUT2D eigenvalue weighted by molar-refractivity contribution is 0.699. The minimum atomic E-state index is 0.570. The van der Waals surface area contributed by atoms with Gasteiger partial charge in [-0.1, -0.05) is 6.92 Å². The molecule has 0 saturated carbocycles. The first-order valence-electron chi connectivity index (χ1n) is 9.20. The number of nitrogens with zero attached hydrogens (tertiary/aromatic N) is 7. The van der Waals surface area contributed by atoms with Crippen LogP contribution in [0.4, 0.5) is 0 Å². The molecule has 0 aromatic carbocycles. The Labute approximate surface area is 169 Å². The fourth-order valence-electron chi connectivity index (χ4n) is 3.43. The molecule has 2 N–H and O–H groups in total. The molecule has 0 spiro atoms. The smallest absolute Gasteiger partial charge is 0.216 e. The topological polar surface area (TPSA) is 108 Å². The van der Waals surface area contributed by atoms with Gasteiger partial charge in [-0.25, -0.2) is 19.6 Å². The number of nitrogen functional groups attached to an aromatic ring is 1. The summed E-state index contributed by atoms with van der Waals surface area (Å²) in [4.78, 5) is 20.6. The lowest BCUT2D eigenvalue weighted by Crippen LogP contribution is -2.13. The van der Waals surface area contributed by atoms with E-state index in [9.17, 15) is 0 Å². The molecule has 4 aromatic heterocycles. The number of aryl methyl sites for hydroxylation is 3. The van der Waals surface area contributed by atoms with E-state index >= 15 is 0 Å². The summed E-state index contributed by atoms with van der Waals surface area (Å²) in [6, 6.07) is 0. The Hall–Kier alpha value is -2.59. The predicted molar refractivity (Wildman–Crippen MR) is 109 cm³/mol. The number of rotatable bonds is 4. The van der Waals surface area contributed by atoms with Crippen molar-refractivity contribution >= 4 is 33.3 Å². The van der Waals surface area contributed by atoms with Gasteiger partial charge in [0.2, 0.25) is 5.16 Å². The molecule has 142 valence electrons. The molecule has 0 bridgehead atoms. The first-order chi connectivity index (χ1) is 13.7. The Morgan fingerprint density at radius 3 is 2.86 bits per heavy atom. The summed E-state index contributed by atoms with van der Waals surface area (Å²) in [6.45, 7) is 2.01. The van der Waals surface area contributed by atoms with Gasteiger partial charge in [0, 0.05) is 29.1 Å². The van der Waals surface area contributed by atoms with E-state index < -0.39 is 0 Å². The first-order valence-corrected chi connectivity index (χ1v) is 10.8. The quantitative estimate of drug-likeness (QED) is 0.404. The highest BCUT2D eigenvalue weighted by Gasteiger charge is 2.23. The van der Waals surface area contributed by atoms with E-state index in [2.05, 4.69) is 20.2 Å². The van der Waals surface area contributed by atoms with Crippen molar-refractivity contribution in [3.05, 3.63) is 34.9 Å². The van der Waals surface area contributed by atoms with Gasteiger partial charge in [0.05, 0.1) is 6.20 Å². The summed E-state index contributed by atoms with van der Waals surface area (Å²) in [6.07, 6.45) is 10.3. The van der Waals surface area contributed by atoms with E-state index in [1.807, 2.05) is 6.92 Å². The summed E-state index contributed by atoms with van der Waals surface area (Å²) >= 11 is 3.20. The maximum absolute atomic E-state index is 6.18. The SMILES string of the molecule is CCc1nnc(Sc2nc(-c3cnccn3)nc3sc4c(c23)CCCC4)n1N. The van der Waals surface area contributed by atoms with Crippen LogP contribution in [0.15, 0.2) is 28.8 Å². The van der Waals surface area contributed by atoms with Gasteiger partial charge in [0.1, 0.15) is 15.6 Å². The Balaban J connectivity index is 1.70. The third-order valence-electron chi connectivity index (χ3n) is 4.81. The van der Waals surface area contributed by atoms with Crippen LogP contribution >= 0.6 is 23.1 Å². The second kappa shape index (κ2) is 7.10. The molecule has 0 fully saturated rings.